The molecule has 0 unspecified atom stereocenters. The van der Waals surface area contributed by atoms with Gasteiger partial charge in [0.2, 0.25) is 0 Å². The summed E-state index contributed by atoms with van der Waals surface area (Å²) in [5, 5.41) is 11.9. The molecule has 2 N–H and O–H groups in total. The predicted octanol–water partition coefficient (Wildman–Crippen LogP) is 1.49. The van der Waals surface area contributed by atoms with E-state index >= 15 is 0 Å². The first kappa shape index (κ1) is 12.3. The van der Waals surface area contributed by atoms with Crippen LogP contribution in [0.3, 0.4) is 0 Å². The van der Waals surface area contributed by atoms with Crippen LogP contribution < -0.4 is 5.32 Å². The molecular weight excluding hydrogens is 170 g/mol. The fourth-order valence-electron chi connectivity index (χ4n) is 0.767. The van der Waals surface area contributed by atoms with E-state index in [1.807, 2.05) is 11.8 Å². The van der Waals surface area contributed by atoms with Gasteiger partial charge in [-0.15, -0.1) is 0 Å². The van der Waals surface area contributed by atoms with E-state index in [1.54, 1.807) is 0 Å². The molecule has 0 heterocycles. The second-order valence-electron chi connectivity index (χ2n) is 3.87. The summed E-state index contributed by atoms with van der Waals surface area (Å²) < 4.78 is 0. The average molecular weight is 191 g/mol. The number of hydrogen-bond acceptors (Lipinski definition) is 3. The highest BCUT2D eigenvalue weighted by Gasteiger charge is 2.06. The molecule has 0 aromatic carbocycles. The van der Waals surface area contributed by atoms with Gasteiger partial charge in [-0.3, -0.25) is 0 Å². The Labute approximate surface area is 80.1 Å². The van der Waals surface area contributed by atoms with E-state index < -0.39 is 0 Å². The van der Waals surface area contributed by atoms with E-state index in [-0.39, 0.29) is 5.54 Å². The Morgan fingerprint density at radius 3 is 2.42 bits per heavy atom. The highest BCUT2D eigenvalue weighted by Crippen LogP contribution is 2.02. The monoisotopic (exact) mass is 191 g/mol. The predicted molar refractivity (Wildman–Crippen MR) is 56.8 cm³/mol. The quantitative estimate of drug-likeness (QED) is 0.624. The number of aliphatic hydroxyl groups excluding tert-OH is 1. The number of thioether (sulfide) groups is 1. The van der Waals surface area contributed by atoms with Crippen molar-refractivity contribution in [2.45, 2.75) is 32.7 Å². The van der Waals surface area contributed by atoms with Crippen molar-refractivity contribution in [1.82, 2.24) is 5.32 Å². The number of aliphatic hydroxyl groups is 1. The SMILES string of the molecule is CC(C)(C)NCCSCCCO. The van der Waals surface area contributed by atoms with Crippen molar-refractivity contribution in [3.8, 4) is 0 Å². The van der Waals surface area contributed by atoms with Gasteiger partial charge in [-0.2, -0.15) is 11.8 Å². The van der Waals surface area contributed by atoms with E-state index in [9.17, 15) is 0 Å². The summed E-state index contributed by atoms with van der Waals surface area (Å²) in [4.78, 5) is 0. The van der Waals surface area contributed by atoms with Crippen LogP contribution in [0.4, 0.5) is 0 Å². The topological polar surface area (TPSA) is 32.3 Å². The molecule has 0 aliphatic carbocycles. The minimum atomic E-state index is 0.234. The number of nitrogens with one attached hydrogen (secondary N) is 1. The van der Waals surface area contributed by atoms with Gasteiger partial charge >= 0.3 is 0 Å². The van der Waals surface area contributed by atoms with Crippen molar-refractivity contribution in [1.29, 1.82) is 0 Å². The standard InChI is InChI=1S/C9H21NOS/c1-9(2,3)10-5-8-12-7-4-6-11/h10-11H,4-8H2,1-3H3. The van der Waals surface area contributed by atoms with Gasteiger partial charge in [-0.1, -0.05) is 0 Å². The summed E-state index contributed by atoms with van der Waals surface area (Å²) in [5.74, 6) is 2.21. The summed E-state index contributed by atoms with van der Waals surface area (Å²) in [5.41, 5.74) is 0.234. The van der Waals surface area contributed by atoms with Gasteiger partial charge in [0.1, 0.15) is 0 Å². The minimum absolute atomic E-state index is 0.234. The van der Waals surface area contributed by atoms with Crippen LogP contribution >= 0.6 is 11.8 Å². The van der Waals surface area contributed by atoms with E-state index in [0.717, 1.165) is 24.5 Å². The molecule has 0 saturated heterocycles. The summed E-state index contributed by atoms with van der Waals surface area (Å²) in [6.07, 6.45) is 0.917. The van der Waals surface area contributed by atoms with Crippen molar-refractivity contribution in [2.75, 3.05) is 24.7 Å². The fourth-order valence-corrected chi connectivity index (χ4v) is 1.55. The molecule has 2 nitrogen and oxygen atoms in total. The first-order valence-corrected chi connectivity index (χ1v) is 5.65. The van der Waals surface area contributed by atoms with Crippen LogP contribution in [-0.4, -0.2) is 35.3 Å². The molecule has 0 saturated carbocycles. The first-order valence-electron chi connectivity index (χ1n) is 4.50. The van der Waals surface area contributed by atoms with Crippen LogP contribution in [0.25, 0.3) is 0 Å². The maximum absolute atomic E-state index is 8.52. The van der Waals surface area contributed by atoms with Crippen molar-refractivity contribution in [2.24, 2.45) is 0 Å². The molecule has 0 aliphatic rings. The van der Waals surface area contributed by atoms with Crippen molar-refractivity contribution < 1.29 is 5.11 Å². The minimum Gasteiger partial charge on any atom is -0.396 e. The second kappa shape index (κ2) is 6.75. The summed E-state index contributed by atoms with van der Waals surface area (Å²) in [6.45, 7) is 7.89. The van der Waals surface area contributed by atoms with Crippen molar-refractivity contribution >= 4 is 11.8 Å². The highest BCUT2D eigenvalue weighted by atomic mass is 32.2. The van der Waals surface area contributed by atoms with Crippen LogP contribution in [0.2, 0.25) is 0 Å². The fraction of sp³-hybridized carbons (Fsp3) is 1.00. The normalized spacial score (nSPS) is 12.0. The Hall–Kier alpha value is 0.270. The van der Waals surface area contributed by atoms with Gasteiger partial charge in [-0.05, 0) is 32.9 Å². The third-order valence-corrected chi connectivity index (χ3v) is 2.42. The zero-order chi connectivity index (χ0) is 9.45. The van der Waals surface area contributed by atoms with E-state index in [0.29, 0.717) is 6.61 Å². The zero-order valence-electron chi connectivity index (χ0n) is 8.39. The van der Waals surface area contributed by atoms with Gasteiger partial charge in [0.15, 0.2) is 0 Å². The highest BCUT2D eigenvalue weighted by molar-refractivity contribution is 7.99. The molecule has 0 rings (SSSR count). The van der Waals surface area contributed by atoms with E-state index in [1.165, 1.54) is 0 Å². The van der Waals surface area contributed by atoms with Crippen LogP contribution in [0.15, 0.2) is 0 Å². The Kier molecular flexibility index (Phi) is 6.90. The molecule has 3 heteroatoms. The Bertz CT molecular complexity index is 101. The van der Waals surface area contributed by atoms with Crippen LogP contribution in [-0.2, 0) is 0 Å². The van der Waals surface area contributed by atoms with Crippen LogP contribution in [0.1, 0.15) is 27.2 Å². The lowest BCUT2D eigenvalue weighted by Crippen LogP contribution is -2.37. The molecule has 0 aromatic rings. The summed E-state index contributed by atoms with van der Waals surface area (Å²) in [7, 11) is 0. The van der Waals surface area contributed by atoms with Crippen molar-refractivity contribution in [3.05, 3.63) is 0 Å². The molecule has 0 aromatic heterocycles. The first-order chi connectivity index (χ1) is 5.56. The lowest BCUT2D eigenvalue weighted by molar-refractivity contribution is 0.296. The largest absolute Gasteiger partial charge is 0.396 e. The van der Waals surface area contributed by atoms with Gasteiger partial charge in [0.05, 0.1) is 0 Å². The number of hydrogen-bond donors (Lipinski definition) is 2. The smallest absolute Gasteiger partial charge is 0.0438 e. The van der Waals surface area contributed by atoms with Gasteiger partial charge in [0.25, 0.3) is 0 Å². The van der Waals surface area contributed by atoms with E-state index in [2.05, 4.69) is 26.1 Å². The van der Waals surface area contributed by atoms with Crippen LogP contribution in [0.5, 0.6) is 0 Å². The Balaban J connectivity index is 3.01. The molecule has 0 atom stereocenters. The molecule has 0 radical (unpaired) electrons. The Morgan fingerprint density at radius 1 is 1.25 bits per heavy atom. The van der Waals surface area contributed by atoms with Crippen LogP contribution in [0, 0.1) is 0 Å². The molecule has 0 amide bonds. The lowest BCUT2D eigenvalue weighted by Gasteiger charge is -2.20. The summed E-state index contributed by atoms with van der Waals surface area (Å²) >= 11 is 1.90. The molecule has 12 heavy (non-hydrogen) atoms. The molecule has 0 aliphatic heterocycles. The lowest BCUT2D eigenvalue weighted by atomic mass is 10.1. The molecule has 0 spiro atoms. The summed E-state index contributed by atoms with van der Waals surface area (Å²) in [6, 6.07) is 0. The van der Waals surface area contributed by atoms with Gasteiger partial charge < -0.3 is 10.4 Å². The molecule has 0 bridgehead atoms. The second-order valence-corrected chi connectivity index (χ2v) is 5.09. The van der Waals surface area contributed by atoms with Gasteiger partial charge in [-0.25, -0.2) is 0 Å². The third-order valence-electron chi connectivity index (χ3n) is 1.35. The molecule has 0 fully saturated rings. The molecule has 74 valence electrons. The average Bonchev–Trinajstić information content (AvgIpc) is 1.94. The third kappa shape index (κ3) is 10.3. The number of rotatable bonds is 6. The Morgan fingerprint density at radius 2 is 1.92 bits per heavy atom. The van der Waals surface area contributed by atoms with Crippen molar-refractivity contribution in [3.63, 3.8) is 0 Å². The zero-order valence-corrected chi connectivity index (χ0v) is 9.21. The van der Waals surface area contributed by atoms with E-state index in [4.69, 9.17) is 5.11 Å². The maximum Gasteiger partial charge on any atom is 0.0438 e. The maximum atomic E-state index is 8.52. The molecular formula is C9H21NOS. The van der Waals surface area contributed by atoms with Gasteiger partial charge in [0, 0.05) is 24.4 Å².